The normalized spacial score (nSPS) is 19.6. The molecule has 0 fully saturated rings. The summed E-state index contributed by atoms with van der Waals surface area (Å²) in [6.07, 6.45) is 1.63. The lowest BCUT2D eigenvalue weighted by Gasteiger charge is -2.42. The Morgan fingerprint density at radius 1 is 0.974 bits per heavy atom. The van der Waals surface area contributed by atoms with Gasteiger partial charge in [0.25, 0.3) is 0 Å². The quantitative estimate of drug-likeness (QED) is 0.395. The molecule has 8 nitrogen and oxygen atoms in total. The van der Waals surface area contributed by atoms with Gasteiger partial charge in [-0.05, 0) is 42.7 Å². The van der Waals surface area contributed by atoms with E-state index < -0.39 is 5.92 Å². The number of nitrogens with one attached hydrogen (secondary N) is 1. The van der Waals surface area contributed by atoms with E-state index in [2.05, 4.69) is 0 Å². The third kappa shape index (κ3) is 4.09. The van der Waals surface area contributed by atoms with Crippen molar-refractivity contribution < 1.29 is 28.8 Å². The lowest BCUT2D eigenvalue weighted by atomic mass is 9.73. The summed E-state index contributed by atoms with van der Waals surface area (Å²) in [5.41, 5.74) is 3.44. The van der Waals surface area contributed by atoms with Crippen LogP contribution in [0.1, 0.15) is 36.3 Å². The van der Waals surface area contributed by atoms with Crippen LogP contribution in [0.25, 0.3) is 5.76 Å². The number of benzene rings is 3. The molecule has 0 saturated heterocycles. The van der Waals surface area contributed by atoms with Crippen LogP contribution in [-0.2, 0) is 4.79 Å². The van der Waals surface area contributed by atoms with Crippen LogP contribution in [0.5, 0.6) is 23.0 Å². The first-order valence-electron chi connectivity index (χ1n) is 12.8. The molecule has 3 aromatic rings. The number of aliphatic hydroxyl groups is 1. The second-order valence-corrected chi connectivity index (χ2v) is 9.53. The SMILES string of the molecule is COc1ccc(OC)c(N2C(=N)C(=C(O)c3ccccc3)C(c3ccc4c(c3)OCO4)C3=C2CCCC3=O)c1. The van der Waals surface area contributed by atoms with Gasteiger partial charge in [-0.2, -0.15) is 0 Å². The van der Waals surface area contributed by atoms with Crippen molar-refractivity contribution in [1.29, 1.82) is 5.41 Å². The number of allylic oxidation sites excluding steroid dienone is 2. The Balaban J connectivity index is 1.66. The van der Waals surface area contributed by atoms with E-state index in [1.807, 2.05) is 36.4 Å². The zero-order valence-electron chi connectivity index (χ0n) is 21.7. The van der Waals surface area contributed by atoms with Crippen LogP contribution in [0.2, 0.25) is 0 Å². The minimum absolute atomic E-state index is 0.0170. The summed E-state index contributed by atoms with van der Waals surface area (Å²) in [5, 5.41) is 21.3. The van der Waals surface area contributed by atoms with E-state index in [0.29, 0.717) is 64.7 Å². The number of hydrogen-bond acceptors (Lipinski definition) is 7. The predicted octanol–water partition coefficient (Wildman–Crippen LogP) is 5.99. The van der Waals surface area contributed by atoms with Crippen molar-refractivity contribution in [2.75, 3.05) is 25.9 Å². The number of ether oxygens (including phenoxy) is 4. The van der Waals surface area contributed by atoms with Gasteiger partial charge in [-0.15, -0.1) is 0 Å². The number of amidine groups is 1. The third-order valence-corrected chi connectivity index (χ3v) is 7.41. The van der Waals surface area contributed by atoms with Crippen LogP contribution in [0.4, 0.5) is 5.69 Å². The highest BCUT2D eigenvalue weighted by Gasteiger charge is 2.44. The van der Waals surface area contributed by atoms with E-state index >= 15 is 0 Å². The number of carbonyl (C=O) groups excluding carboxylic acids is 1. The molecular weight excluding hydrogens is 496 g/mol. The van der Waals surface area contributed by atoms with E-state index in [1.165, 1.54) is 0 Å². The molecular formula is C31H28N2O6. The number of aliphatic hydroxyl groups excluding tert-OH is 1. The number of carbonyl (C=O) groups is 1. The van der Waals surface area contributed by atoms with Gasteiger partial charge in [-0.1, -0.05) is 36.4 Å². The number of hydrogen-bond donors (Lipinski definition) is 2. The Morgan fingerprint density at radius 3 is 2.54 bits per heavy atom. The van der Waals surface area contributed by atoms with Crippen molar-refractivity contribution in [2.45, 2.75) is 25.2 Å². The third-order valence-electron chi connectivity index (χ3n) is 7.41. The fourth-order valence-electron chi connectivity index (χ4n) is 5.61. The highest BCUT2D eigenvalue weighted by Crippen LogP contribution is 2.50. The summed E-state index contributed by atoms with van der Waals surface area (Å²) in [4.78, 5) is 15.5. The number of Topliss-reactive ketones (excluding diaryl/α,β-unsaturated/α-hetero) is 1. The second-order valence-electron chi connectivity index (χ2n) is 9.53. The van der Waals surface area contributed by atoms with Crippen LogP contribution < -0.4 is 23.8 Å². The largest absolute Gasteiger partial charge is 0.507 e. The zero-order chi connectivity index (χ0) is 27.1. The first-order valence-corrected chi connectivity index (χ1v) is 12.8. The number of anilines is 1. The molecule has 0 saturated carbocycles. The fraction of sp³-hybridized carbons (Fsp3) is 0.226. The molecule has 0 aromatic heterocycles. The summed E-state index contributed by atoms with van der Waals surface area (Å²) >= 11 is 0. The van der Waals surface area contributed by atoms with Crippen LogP contribution in [0, 0.1) is 5.41 Å². The molecule has 39 heavy (non-hydrogen) atoms. The Kier molecular flexibility index (Phi) is 6.23. The molecule has 3 aromatic carbocycles. The average Bonchev–Trinajstić information content (AvgIpc) is 3.44. The highest BCUT2D eigenvalue weighted by atomic mass is 16.7. The predicted molar refractivity (Wildman–Crippen MR) is 147 cm³/mol. The van der Waals surface area contributed by atoms with Gasteiger partial charge < -0.3 is 24.1 Å². The number of methoxy groups -OCH3 is 2. The lowest BCUT2D eigenvalue weighted by molar-refractivity contribution is -0.116. The van der Waals surface area contributed by atoms with Crippen LogP contribution in [0.3, 0.4) is 0 Å². The first kappa shape index (κ1) is 24.6. The maximum atomic E-state index is 13.7. The van der Waals surface area contributed by atoms with E-state index in [9.17, 15) is 15.3 Å². The summed E-state index contributed by atoms with van der Waals surface area (Å²) in [5.74, 6) is 1.58. The van der Waals surface area contributed by atoms with Gasteiger partial charge >= 0.3 is 0 Å². The van der Waals surface area contributed by atoms with E-state index in [1.54, 1.807) is 49.5 Å². The Hall–Kier alpha value is -4.72. The van der Waals surface area contributed by atoms with Crippen LogP contribution in [0.15, 0.2) is 83.6 Å². The molecule has 3 aliphatic rings. The van der Waals surface area contributed by atoms with Crippen molar-refractivity contribution in [2.24, 2.45) is 0 Å². The van der Waals surface area contributed by atoms with Gasteiger partial charge in [0, 0.05) is 40.8 Å². The monoisotopic (exact) mass is 524 g/mol. The summed E-state index contributed by atoms with van der Waals surface area (Å²) in [6.45, 7) is 0.119. The van der Waals surface area contributed by atoms with Gasteiger partial charge in [0.2, 0.25) is 6.79 Å². The first-order chi connectivity index (χ1) is 19.0. The minimum atomic E-state index is -0.678. The number of rotatable bonds is 5. The summed E-state index contributed by atoms with van der Waals surface area (Å²) in [7, 11) is 3.14. The molecule has 2 heterocycles. The molecule has 0 bridgehead atoms. The Labute approximate surface area is 226 Å². The second kappa shape index (κ2) is 9.87. The summed E-state index contributed by atoms with van der Waals surface area (Å²) < 4.78 is 22.3. The van der Waals surface area contributed by atoms with E-state index in [4.69, 9.17) is 18.9 Å². The fourth-order valence-corrected chi connectivity index (χ4v) is 5.61. The van der Waals surface area contributed by atoms with Gasteiger partial charge in [0.05, 0.1) is 19.9 Å². The molecule has 6 rings (SSSR count). The van der Waals surface area contributed by atoms with Crippen molar-refractivity contribution in [3.63, 3.8) is 0 Å². The average molecular weight is 525 g/mol. The number of fused-ring (bicyclic) bond motifs is 1. The highest BCUT2D eigenvalue weighted by molar-refractivity contribution is 6.20. The van der Waals surface area contributed by atoms with Crippen LogP contribution >= 0.6 is 0 Å². The zero-order valence-corrected chi connectivity index (χ0v) is 21.7. The Bertz CT molecular complexity index is 1540. The molecule has 2 aliphatic heterocycles. The van der Waals surface area contributed by atoms with Crippen molar-refractivity contribution in [3.05, 3.63) is 94.7 Å². The standard InChI is InChI=1S/C31H28N2O6/c1-36-20-12-14-24(37-2)22(16-20)33-21-9-6-10-23(34)28(21)27(19-11-13-25-26(15-19)39-17-38-25)29(31(33)32)30(35)18-7-4-3-5-8-18/h3-5,7-8,11-16,27,32,35H,6,9-10,17H2,1-2H3. The number of nitrogens with zero attached hydrogens (tertiary/aromatic N) is 1. The number of ketones is 1. The molecule has 0 amide bonds. The van der Waals surface area contributed by atoms with Gasteiger partial charge in [0.15, 0.2) is 17.3 Å². The van der Waals surface area contributed by atoms with E-state index in [-0.39, 0.29) is 24.2 Å². The maximum absolute atomic E-state index is 13.7. The lowest BCUT2D eigenvalue weighted by Crippen LogP contribution is -2.42. The molecule has 2 N–H and O–H groups in total. The maximum Gasteiger partial charge on any atom is 0.231 e. The molecule has 8 heteroatoms. The molecule has 1 unspecified atom stereocenters. The summed E-state index contributed by atoms with van der Waals surface area (Å²) in [6, 6.07) is 20.0. The van der Waals surface area contributed by atoms with Crippen LogP contribution in [-0.4, -0.2) is 37.7 Å². The van der Waals surface area contributed by atoms with Gasteiger partial charge in [-0.25, -0.2) is 0 Å². The van der Waals surface area contributed by atoms with Crippen molar-refractivity contribution in [3.8, 4) is 23.0 Å². The van der Waals surface area contributed by atoms with Gasteiger partial charge in [-0.3, -0.25) is 15.1 Å². The van der Waals surface area contributed by atoms with Gasteiger partial charge in [0.1, 0.15) is 23.1 Å². The Morgan fingerprint density at radius 2 is 1.77 bits per heavy atom. The molecule has 0 spiro atoms. The van der Waals surface area contributed by atoms with Crippen molar-refractivity contribution >= 4 is 23.1 Å². The minimum Gasteiger partial charge on any atom is -0.507 e. The molecule has 0 radical (unpaired) electrons. The molecule has 1 atom stereocenters. The molecule has 1 aliphatic carbocycles. The van der Waals surface area contributed by atoms with E-state index in [0.717, 1.165) is 11.3 Å². The smallest absolute Gasteiger partial charge is 0.231 e. The molecule has 198 valence electrons. The van der Waals surface area contributed by atoms with Crippen molar-refractivity contribution in [1.82, 2.24) is 0 Å². The topological polar surface area (TPSA) is 101 Å².